The van der Waals surface area contributed by atoms with E-state index in [0.717, 1.165) is 40.9 Å². The second-order valence-electron chi connectivity index (χ2n) is 23.7. The number of hydrogen-bond acceptors (Lipinski definition) is 11. The third-order valence-electron chi connectivity index (χ3n) is 16.5. The van der Waals surface area contributed by atoms with Crippen molar-refractivity contribution in [1.82, 2.24) is 0 Å². The zero-order valence-electron chi connectivity index (χ0n) is 44.7. The highest BCUT2D eigenvalue weighted by molar-refractivity contribution is 14.1. The average Bonchev–Trinajstić information content (AvgIpc) is 3.84. The van der Waals surface area contributed by atoms with Gasteiger partial charge in [0.2, 0.25) is 0 Å². The maximum absolute atomic E-state index is 14.6. The van der Waals surface area contributed by atoms with Gasteiger partial charge in [0.15, 0.2) is 26.5 Å². The fraction of sp³-hybridized carbons (Fsp3) is 0.661. The number of carbonyl (C=O) groups is 1. The van der Waals surface area contributed by atoms with Crippen molar-refractivity contribution in [3.63, 3.8) is 0 Å². The Morgan fingerprint density at radius 2 is 1.54 bits per heavy atom. The lowest BCUT2D eigenvalue weighted by molar-refractivity contribution is -0.155. The molecule has 3 aromatic rings. The Bertz CT molecular complexity index is 2350. The molecule has 3 aromatic carbocycles. The van der Waals surface area contributed by atoms with Crippen molar-refractivity contribution in [3.05, 3.63) is 90.5 Å². The first kappa shape index (κ1) is 58.2. The molecule has 15 heteroatoms. The molecule has 3 fully saturated rings. The molecule has 3 aliphatic heterocycles. The number of esters is 1. The predicted molar refractivity (Wildman–Crippen MR) is 297 cm³/mol. The minimum atomic E-state index is -3.85. The molecule has 0 spiro atoms. The van der Waals surface area contributed by atoms with Crippen LogP contribution in [0.25, 0.3) is 10.8 Å². The van der Waals surface area contributed by atoms with Crippen LogP contribution in [0, 0.1) is 11.8 Å². The highest BCUT2D eigenvalue weighted by Gasteiger charge is 2.53. The standard InChI is InChI=1S/C56H85IO11SSi2/c1-38(31-41-28-29-51-56(37-57,67-41)34-42(64-51)23-20-30-58)39(2)48(66-53(59)46-27-19-22-40-21-17-18-26-45(40)46)33-49-47(36-69(60,61)44-24-15-14-16-25-44)52(62-9)50(65-49)32-43(68-71(12,13)55(6,7)8)35-63-70(10,11)54(3,4)5/h14-19,21-22,24-27,38,41-43,47-52,58H,2,20,23,28-37H2,1,3-13H3/t38-,41?,42+,43?,47+,48-,49+,50-,51+,52-,56-/m1/s1. The minimum Gasteiger partial charge on any atom is -0.454 e. The summed E-state index contributed by atoms with van der Waals surface area (Å²) in [6.45, 7) is 29.6. The van der Waals surface area contributed by atoms with Crippen molar-refractivity contribution in [2.24, 2.45) is 11.8 Å². The summed E-state index contributed by atoms with van der Waals surface area (Å²) in [5.41, 5.74) is 0.738. The van der Waals surface area contributed by atoms with Crippen LogP contribution < -0.4 is 0 Å². The van der Waals surface area contributed by atoms with Gasteiger partial charge in [0.25, 0.3) is 0 Å². The number of alkyl halides is 1. The van der Waals surface area contributed by atoms with E-state index in [1.807, 2.05) is 36.4 Å². The lowest BCUT2D eigenvalue weighted by Crippen LogP contribution is -2.50. The molecular weight excluding hydrogens is 1060 g/mol. The molecule has 3 heterocycles. The molecule has 0 aromatic heterocycles. The Hall–Kier alpha value is -2.04. The van der Waals surface area contributed by atoms with Crippen LogP contribution in [0.3, 0.4) is 0 Å². The van der Waals surface area contributed by atoms with Crippen LogP contribution in [0.2, 0.25) is 36.3 Å². The fourth-order valence-electron chi connectivity index (χ4n) is 10.2. The van der Waals surface area contributed by atoms with Gasteiger partial charge in [-0.1, -0.05) is 132 Å². The summed E-state index contributed by atoms with van der Waals surface area (Å²) in [4.78, 5) is 14.9. The van der Waals surface area contributed by atoms with Gasteiger partial charge in [0.05, 0.1) is 65.5 Å². The maximum Gasteiger partial charge on any atom is 0.339 e. The van der Waals surface area contributed by atoms with Crippen LogP contribution in [-0.4, -0.2) is 121 Å². The summed E-state index contributed by atoms with van der Waals surface area (Å²) >= 11 is 2.42. The highest BCUT2D eigenvalue weighted by atomic mass is 127. The molecule has 11 atom stereocenters. The van der Waals surface area contributed by atoms with Crippen LogP contribution in [0.4, 0.5) is 0 Å². The van der Waals surface area contributed by atoms with Crippen molar-refractivity contribution in [2.75, 3.05) is 30.5 Å². The van der Waals surface area contributed by atoms with Crippen LogP contribution in [0.15, 0.2) is 89.8 Å². The average molecular weight is 1150 g/mol. The van der Waals surface area contributed by atoms with Crippen molar-refractivity contribution in [3.8, 4) is 0 Å². The van der Waals surface area contributed by atoms with E-state index in [-0.39, 0.29) is 64.1 Å². The Kier molecular flexibility index (Phi) is 19.6. The van der Waals surface area contributed by atoms with Gasteiger partial charge in [-0.3, -0.25) is 0 Å². The molecule has 3 saturated heterocycles. The summed E-state index contributed by atoms with van der Waals surface area (Å²) in [5, 5.41) is 11.1. The summed E-state index contributed by atoms with van der Waals surface area (Å²) < 4.78 is 77.6. The number of rotatable bonds is 23. The normalized spacial score (nSPS) is 26.8. The second-order valence-corrected chi connectivity index (χ2v) is 36.0. The van der Waals surface area contributed by atoms with Crippen LogP contribution in [0.1, 0.15) is 110 Å². The second kappa shape index (κ2) is 23.9. The lowest BCUT2D eigenvalue weighted by Gasteiger charge is -2.42. The summed E-state index contributed by atoms with van der Waals surface area (Å²) in [7, 11) is -6.78. The van der Waals surface area contributed by atoms with Crippen LogP contribution >= 0.6 is 22.6 Å². The van der Waals surface area contributed by atoms with E-state index >= 15 is 0 Å². The fourth-order valence-corrected chi connectivity index (χ4v) is 15.3. The van der Waals surface area contributed by atoms with Crippen molar-refractivity contribution < 1.29 is 50.9 Å². The number of methoxy groups -OCH3 is 1. The molecule has 0 saturated carbocycles. The molecule has 1 N–H and O–H groups in total. The van der Waals surface area contributed by atoms with E-state index in [4.69, 9.17) is 32.5 Å². The van der Waals surface area contributed by atoms with E-state index in [1.54, 1.807) is 43.5 Å². The Labute approximate surface area is 442 Å². The largest absolute Gasteiger partial charge is 0.454 e. The number of carbonyl (C=O) groups excluding carboxylic acids is 1. The number of sulfone groups is 1. The van der Waals surface area contributed by atoms with Gasteiger partial charge < -0.3 is 37.6 Å². The van der Waals surface area contributed by atoms with Gasteiger partial charge in [-0.05, 0) is 109 Å². The summed E-state index contributed by atoms with van der Waals surface area (Å²) in [5.74, 6) is -1.53. The molecule has 396 valence electrons. The topological polar surface area (TPSA) is 136 Å². The Morgan fingerprint density at radius 1 is 0.873 bits per heavy atom. The van der Waals surface area contributed by atoms with E-state index in [1.165, 1.54) is 0 Å². The molecule has 0 aliphatic carbocycles. The lowest BCUT2D eigenvalue weighted by atomic mass is 9.83. The van der Waals surface area contributed by atoms with E-state index < -0.39 is 68.4 Å². The zero-order chi connectivity index (χ0) is 52.2. The van der Waals surface area contributed by atoms with Gasteiger partial charge in [-0.25, -0.2) is 13.2 Å². The number of ether oxygens (including phenoxy) is 5. The van der Waals surface area contributed by atoms with Gasteiger partial charge in [0, 0.05) is 43.3 Å². The molecular formula is C56H85IO11SSi2. The molecule has 6 rings (SSSR count). The summed E-state index contributed by atoms with van der Waals surface area (Å²) in [6, 6.07) is 21.9. The third-order valence-corrected chi connectivity index (χ3v) is 28.7. The molecule has 2 unspecified atom stereocenters. The van der Waals surface area contributed by atoms with Gasteiger partial charge in [0.1, 0.15) is 11.7 Å². The monoisotopic (exact) mass is 1150 g/mol. The molecule has 0 radical (unpaired) electrons. The number of aliphatic hydroxyl groups is 1. The third kappa shape index (κ3) is 14.1. The van der Waals surface area contributed by atoms with Gasteiger partial charge in [-0.15, -0.1) is 0 Å². The molecule has 71 heavy (non-hydrogen) atoms. The van der Waals surface area contributed by atoms with E-state index in [2.05, 4.69) is 104 Å². The predicted octanol–water partition coefficient (Wildman–Crippen LogP) is 12.3. The van der Waals surface area contributed by atoms with E-state index in [9.17, 15) is 18.3 Å². The highest BCUT2D eigenvalue weighted by Crippen LogP contribution is 2.47. The Morgan fingerprint density at radius 3 is 2.18 bits per heavy atom. The first-order valence-electron chi connectivity index (χ1n) is 25.9. The van der Waals surface area contributed by atoms with Crippen LogP contribution in [-0.2, 0) is 42.4 Å². The first-order chi connectivity index (χ1) is 33.2. The minimum absolute atomic E-state index is 0.00281. The number of aliphatic hydroxyl groups excluding tert-OH is 1. The molecule has 0 bridgehead atoms. The quantitative estimate of drug-likeness (QED) is 0.0319. The number of benzene rings is 3. The van der Waals surface area contributed by atoms with E-state index in [0.29, 0.717) is 37.0 Å². The van der Waals surface area contributed by atoms with Crippen molar-refractivity contribution in [1.29, 1.82) is 0 Å². The molecule has 11 nitrogen and oxygen atoms in total. The maximum atomic E-state index is 14.6. The smallest absolute Gasteiger partial charge is 0.339 e. The number of hydrogen-bond donors (Lipinski definition) is 1. The number of fused-ring (bicyclic) bond motifs is 2. The SMILES string of the molecule is C=C([C@H](C)CC1CC[C@@H]2O[C@@H](CCCO)C[C@]2(CI)O1)[C@@H](C[C@@H]1O[C@H](CC(CO[Si](C)(C)C(C)(C)C)O[Si](C)(C)C(C)(C)C)[C@H](OC)[C@H]1CS(=O)(=O)c1ccccc1)OC(=O)c1cccc2ccccc12. The summed E-state index contributed by atoms with van der Waals surface area (Å²) in [6.07, 6.45) is 2.03. The van der Waals surface area contributed by atoms with Crippen molar-refractivity contribution in [2.45, 2.75) is 195 Å². The van der Waals surface area contributed by atoms with Crippen molar-refractivity contribution >= 4 is 65.8 Å². The Balaban J connectivity index is 1.35. The zero-order valence-corrected chi connectivity index (χ0v) is 49.7. The molecule has 0 amide bonds. The molecule has 3 aliphatic rings. The first-order valence-corrected chi connectivity index (χ1v) is 34.9. The van der Waals surface area contributed by atoms with Gasteiger partial charge in [-0.2, -0.15) is 0 Å². The van der Waals surface area contributed by atoms with Crippen LogP contribution in [0.5, 0.6) is 0 Å². The number of halogens is 1. The van der Waals surface area contributed by atoms with Gasteiger partial charge >= 0.3 is 5.97 Å².